The molecule has 5 N–H and O–H groups in total. The Morgan fingerprint density at radius 3 is 2.10 bits per heavy atom. The van der Waals surface area contributed by atoms with Crippen molar-refractivity contribution in [3.63, 3.8) is 0 Å². The van der Waals surface area contributed by atoms with Crippen molar-refractivity contribution in [3.8, 4) is 0 Å². The third kappa shape index (κ3) is 2.77. The number of imidazole rings is 1. The van der Waals surface area contributed by atoms with Crippen molar-refractivity contribution >= 4 is 17.9 Å². The molecule has 0 aliphatic rings. The minimum absolute atomic E-state index is 0.307. The van der Waals surface area contributed by atoms with Crippen LogP contribution in [0.25, 0.3) is 0 Å². The maximum atomic E-state index is 11.3. The van der Waals surface area contributed by atoms with Crippen molar-refractivity contribution in [2.75, 3.05) is 0 Å². The lowest BCUT2D eigenvalue weighted by Crippen LogP contribution is -2.49. The van der Waals surface area contributed by atoms with Crippen LogP contribution in [-0.2, 0) is 14.4 Å². The number of aryl methyl sites for hydroxylation is 2. The van der Waals surface area contributed by atoms with Crippen molar-refractivity contribution in [1.29, 1.82) is 0 Å². The molecule has 1 rings (SSSR count). The van der Waals surface area contributed by atoms with E-state index in [4.69, 9.17) is 15.3 Å². The van der Waals surface area contributed by atoms with Crippen molar-refractivity contribution in [2.24, 2.45) is 0 Å². The predicted molar refractivity (Wildman–Crippen MR) is 63.3 cm³/mol. The van der Waals surface area contributed by atoms with E-state index >= 15 is 0 Å². The number of H-pyrrole nitrogens is 1. The molecule has 0 fully saturated rings. The third-order valence-corrected chi connectivity index (χ3v) is 2.94. The minimum atomic E-state index is -3.01. The Hall–Kier alpha value is -2.42. The van der Waals surface area contributed by atoms with E-state index in [9.17, 15) is 19.5 Å². The molecule has 2 unspecified atom stereocenters. The molecule has 1 aromatic rings. The molecule has 1 aromatic heterocycles. The lowest BCUT2D eigenvalue weighted by molar-refractivity contribution is -0.173. The van der Waals surface area contributed by atoms with Crippen molar-refractivity contribution in [2.45, 2.75) is 31.8 Å². The van der Waals surface area contributed by atoms with Gasteiger partial charge in [0.2, 0.25) is 0 Å². The van der Waals surface area contributed by atoms with Crippen LogP contribution in [0.1, 0.15) is 29.6 Å². The number of rotatable bonds is 6. The Morgan fingerprint density at radius 1 is 1.25 bits per heavy atom. The quantitative estimate of drug-likeness (QED) is 0.467. The van der Waals surface area contributed by atoms with E-state index in [1.807, 2.05) is 0 Å². The molecule has 0 aliphatic heterocycles. The molecule has 20 heavy (non-hydrogen) atoms. The van der Waals surface area contributed by atoms with Gasteiger partial charge in [0.1, 0.15) is 5.82 Å². The Morgan fingerprint density at radius 2 is 1.80 bits per heavy atom. The van der Waals surface area contributed by atoms with Gasteiger partial charge in [0.15, 0.2) is 11.5 Å². The highest BCUT2D eigenvalue weighted by Gasteiger charge is 2.52. The second kappa shape index (κ2) is 5.29. The summed E-state index contributed by atoms with van der Waals surface area (Å²) in [6.07, 6.45) is -1.27. The van der Waals surface area contributed by atoms with Gasteiger partial charge in [0, 0.05) is 5.69 Å². The fourth-order valence-corrected chi connectivity index (χ4v) is 1.79. The zero-order valence-electron chi connectivity index (χ0n) is 10.7. The predicted octanol–water partition coefficient (Wildman–Crippen LogP) is -0.515. The summed E-state index contributed by atoms with van der Waals surface area (Å²) in [6, 6.07) is 0. The molecule has 0 amide bonds. The van der Waals surface area contributed by atoms with E-state index in [1.165, 1.54) is 0 Å². The maximum absolute atomic E-state index is 11.3. The van der Waals surface area contributed by atoms with Gasteiger partial charge < -0.3 is 25.4 Å². The van der Waals surface area contributed by atoms with Gasteiger partial charge in [-0.3, -0.25) is 9.59 Å². The van der Waals surface area contributed by atoms with E-state index in [0.29, 0.717) is 11.4 Å². The number of aromatic nitrogens is 2. The zero-order valence-corrected chi connectivity index (χ0v) is 10.7. The highest BCUT2D eigenvalue weighted by Crippen LogP contribution is 2.31. The highest BCUT2D eigenvalue weighted by molar-refractivity contribution is 5.92. The van der Waals surface area contributed by atoms with Gasteiger partial charge in [-0.2, -0.15) is 0 Å². The fraction of sp³-hybridized carbons (Fsp3) is 0.455. The molecule has 0 radical (unpaired) electrons. The summed E-state index contributed by atoms with van der Waals surface area (Å²) in [5.74, 6) is -7.60. The standard InChI is InChI=1S/C11H14N2O7/c1-4-5(2)13-8(12-4)7(9(16)17)11(20,10(18)19)3-6(14)15/h7,20H,3H2,1-2H3,(H,12,13)(H,14,15)(H,16,17)(H,18,19). The summed E-state index contributed by atoms with van der Waals surface area (Å²) in [4.78, 5) is 39.5. The third-order valence-electron chi connectivity index (χ3n) is 2.94. The molecule has 1 heterocycles. The van der Waals surface area contributed by atoms with Crippen LogP contribution in [0.3, 0.4) is 0 Å². The Kier molecular flexibility index (Phi) is 4.14. The van der Waals surface area contributed by atoms with Crippen molar-refractivity contribution < 1.29 is 34.8 Å². The molecule has 0 aliphatic carbocycles. The first-order valence-electron chi connectivity index (χ1n) is 5.53. The molecular weight excluding hydrogens is 272 g/mol. The summed E-state index contributed by atoms with van der Waals surface area (Å²) < 4.78 is 0. The van der Waals surface area contributed by atoms with Crippen LogP contribution in [0.4, 0.5) is 0 Å². The van der Waals surface area contributed by atoms with Crippen LogP contribution in [0, 0.1) is 13.8 Å². The topological polar surface area (TPSA) is 161 Å². The van der Waals surface area contributed by atoms with E-state index in [-0.39, 0.29) is 5.82 Å². The Labute approximate surface area is 112 Å². The van der Waals surface area contributed by atoms with Gasteiger partial charge in [-0.05, 0) is 13.8 Å². The van der Waals surface area contributed by atoms with Crippen LogP contribution in [0.5, 0.6) is 0 Å². The van der Waals surface area contributed by atoms with E-state index in [0.717, 1.165) is 0 Å². The molecule has 9 nitrogen and oxygen atoms in total. The van der Waals surface area contributed by atoms with Gasteiger partial charge >= 0.3 is 17.9 Å². The van der Waals surface area contributed by atoms with Crippen LogP contribution >= 0.6 is 0 Å². The van der Waals surface area contributed by atoms with Gasteiger partial charge in [-0.15, -0.1) is 0 Å². The maximum Gasteiger partial charge on any atom is 0.337 e. The van der Waals surface area contributed by atoms with Crippen LogP contribution in [0.15, 0.2) is 0 Å². The summed E-state index contributed by atoms with van der Waals surface area (Å²) >= 11 is 0. The number of aromatic amines is 1. The lowest BCUT2D eigenvalue weighted by Gasteiger charge is -2.26. The number of carboxylic acids is 3. The number of hydrogen-bond acceptors (Lipinski definition) is 5. The normalized spacial score (nSPS) is 15.3. The largest absolute Gasteiger partial charge is 0.481 e. The number of aliphatic hydroxyl groups is 1. The molecule has 0 spiro atoms. The lowest BCUT2D eigenvalue weighted by atomic mass is 9.83. The van der Waals surface area contributed by atoms with Gasteiger partial charge in [-0.1, -0.05) is 0 Å². The summed E-state index contributed by atoms with van der Waals surface area (Å²) in [5.41, 5.74) is -2.09. The minimum Gasteiger partial charge on any atom is -0.481 e. The average Bonchev–Trinajstić information content (AvgIpc) is 2.56. The van der Waals surface area contributed by atoms with Crippen molar-refractivity contribution in [3.05, 3.63) is 17.2 Å². The molecule has 0 saturated carbocycles. The number of carbonyl (C=O) groups is 3. The smallest absolute Gasteiger partial charge is 0.337 e. The number of carboxylic acid groups (broad SMARTS) is 3. The molecule has 0 bridgehead atoms. The zero-order chi connectivity index (χ0) is 15.7. The summed E-state index contributed by atoms with van der Waals surface area (Å²) in [7, 11) is 0. The number of nitrogens with one attached hydrogen (secondary N) is 1. The second-order valence-electron chi connectivity index (χ2n) is 4.40. The Bertz CT molecular complexity index is 546. The van der Waals surface area contributed by atoms with Crippen LogP contribution in [0.2, 0.25) is 0 Å². The summed E-state index contributed by atoms with van der Waals surface area (Å²) in [6.45, 7) is 3.15. The molecule has 2 atom stereocenters. The summed E-state index contributed by atoms with van der Waals surface area (Å²) in [5, 5.41) is 36.9. The van der Waals surface area contributed by atoms with E-state index in [1.54, 1.807) is 13.8 Å². The molecule has 110 valence electrons. The van der Waals surface area contributed by atoms with Gasteiger partial charge in [-0.25, -0.2) is 9.78 Å². The van der Waals surface area contributed by atoms with E-state index < -0.39 is 35.8 Å². The molecule has 0 aromatic carbocycles. The number of hydrogen-bond donors (Lipinski definition) is 5. The van der Waals surface area contributed by atoms with Gasteiger partial charge in [0.05, 0.1) is 12.1 Å². The van der Waals surface area contributed by atoms with Crippen molar-refractivity contribution in [1.82, 2.24) is 9.97 Å². The molecular formula is C11H14N2O7. The number of nitrogens with zero attached hydrogens (tertiary/aromatic N) is 1. The highest BCUT2D eigenvalue weighted by atomic mass is 16.4. The average molecular weight is 286 g/mol. The molecule has 9 heteroatoms. The van der Waals surface area contributed by atoms with Crippen LogP contribution in [-0.4, -0.2) is 53.9 Å². The fourth-order valence-electron chi connectivity index (χ4n) is 1.79. The monoisotopic (exact) mass is 286 g/mol. The van der Waals surface area contributed by atoms with Gasteiger partial charge in [0.25, 0.3) is 0 Å². The first-order chi connectivity index (χ1) is 9.09. The van der Waals surface area contributed by atoms with Crippen LogP contribution < -0.4 is 0 Å². The SMILES string of the molecule is Cc1nc(C(C(=O)O)C(O)(CC(=O)O)C(=O)O)[nH]c1C. The first-order valence-corrected chi connectivity index (χ1v) is 5.53. The Balaban J connectivity index is 3.39. The first kappa shape index (κ1) is 15.6. The van der Waals surface area contributed by atoms with E-state index in [2.05, 4.69) is 9.97 Å². The number of aliphatic carboxylic acids is 3. The molecule has 0 saturated heterocycles. The second-order valence-corrected chi connectivity index (χ2v) is 4.40.